The van der Waals surface area contributed by atoms with E-state index in [-0.39, 0.29) is 30.0 Å². The van der Waals surface area contributed by atoms with Crippen LogP contribution < -0.4 is 20.5 Å². The third-order valence-corrected chi connectivity index (χ3v) is 5.77. The van der Waals surface area contributed by atoms with Gasteiger partial charge in [-0.3, -0.25) is 4.99 Å². The van der Waals surface area contributed by atoms with Crippen LogP contribution in [0.1, 0.15) is 18.0 Å². The van der Waals surface area contributed by atoms with Gasteiger partial charge in [-0.25, -0.2) is 13.1 Å². The molecule has 1 aliphatic rings. The molecule has 2 aromatic rings. The van der Waals surface area contributed by atoms with Crippen molar-refractivity contribution in [2.24, 2.45) is 10.7 Å². The van der Waals surface area contributed by atoms with Crippen LogP contribution in [0, 0.1) is 0 Å². The van der Waals surface area contributed by atoms with E-state index in [1.54, 1.807) is 12.1 Å². The van der Waals surface area contributed by atoms with E-state index in [2.05, 4.69) is 15.0 Å². The quantitative estimate of drug-likeness (QED) is 0.385. The summed E-state index contributed by atoms with van der Waals surface area (Å²) in [6.45, 7) is 0.937. The van der Waals surface area contributed by atoms with Gasteiger partial charge in [0.25, 0.3) is 0 Å². The van der Waals surface area contributed by atoms with Crippen LogP contribution in [-0.2, 0) is 10.0 Å². The van der Waals surface area contributed by atoms with Gasteiger partial charge in [0.15, 0.2) is 5.96 Å². The van der Waals surface area contributed by atoms with E-state index in [0.29, 0.717) is 11.6 Å². The SMILES string of the molecule is NC(=NCCNS(=O)(=O)c1cccc(Cl)c1)NC1CCOc2ccccc21. The molecule has 144 valence electrons. The molecule has 4 N–H and O–H groups in total. The molecule has 1 unspecified atom stereocenters. The van der Waals surface area contributed by atoms with Gasteiger partial charge in [-0.15, -0.1) is 0 Å². The van der Waals surface area contributed by atoms with E-state index < -0.39 is 10.0 Å². The number of halogens is 1. The molecular formula is C18H21ClN4O3S. The predicted octanol–water partition coefficient (Wildman–Crippen LogP) is 2.05. The van der Waals surface area contributed by atoms with Crippen molar-refractivity contribution in [2.75, 3.05) is 19.7 Å². The van der Waals surface area contributed by atoms with Crippen LogP contribution in [0.5, 0.6) is 5.75 Å². The molecule has 1 heterocycles. The van der Waals surface area contributed by atoms with E-state index in [1.807, 2.05) is 24.3 Å². The van der Waals surface area contributed by atoms with Crippen molar-refractivity contribution in [1.82, 2.24) is 10.0 Å². The number of para-hydroxylation sites is 1. The highest BCUT2D eigenvalue weighted by Crippen LogP contribution is 2.31. The van der Waals surface area contributed by atoms with E-state index in [1.165, 1.54) is 12.1 Å². The minimum Gasteiger partial charge on any atom is -0.493 e. The summed E-state index contributed by atoms with van der Waals surface area (Å²) in [5.74, 6) is 1.10. The van der Waals surface area contributed by atoms with Crippen LogP contribution in [0.25, 0.3) is 0 Å². The predicted molar refractivity (Wildman–Crippen MR) is 106 cm³/mol. The molecule has 27 heavy (non-hydrogen) atoms. The first kappa shape index (κ1) is 19.5. The van der Waals surface area contributed by atoms with Crippen molar-refractivity contribution < 1.29 is 13.2 Å². The third-order valence-electron chi connectivity index (χ3n) is 4.07. The van der Waals surface area contributed by atoms with Crippen molar-refractivity contribution >= 4 is 27.6 Å². The zero-order valence-electron chi connectivity index (χ0n) is 14.6. The number of aliphatic imine (C=N–C) groups is 1. The fraction of sp³-hybridized carbons (Fsp3) is 0.278. The summed E-state index contributed by atoms with van der Waals surface area (Å²) >= 11 is 5.83. The molecule has 3 rings (SSSR count). The Morgan fingerprint density at radius 2 is 2.07 bits per heavy atom. The Kier molecular flexibility index (Phi) is 6.20. The van der Waals surface area contributed by atoms with Crippen LogP contribution in [0.15, 0.2) is 58.4 Å². The molecule has 0 radical (unpaired) electrons. The molecule has 0 amide bonds. The molecule has 0 fully saturated rings. The molecule has 0 aromatic heterocycles. The Balaban J connectivity index is 1.53. The number of nitrogens with two attached hydrogens (primary N) is 1. The van der Waals surface area contributed by atoms with Crippen molar-refractivity contribution in [3.63, 3.8) is 0 Å². The lowest BCUT2D eigenvalue weighted by molar-refractivity contribution is 0.262. The molecule has 1 aliphatic heterocycles. The number of hydrogen-bond donors (Lipinski definition) is 3. The third kappa shape index (κ3) is 5.12. The highest BCUT2D eigenvalue weighted by molar-refractivity contribution is 7.89. The van der Waals surface area contributed by atoms with E-state index in [4.69, 9.17) is 22.1 Å². The topological polar surface area (TPSA) is 106 Å². The highest BCUT2D eigenvalue weighted by Gasteiger charge is 2.21. The Labute approximate surface area is 163 Å². The maximum atomic E-state index is 12.2. The zero-order valence-corrected chi connectivity index (χ0v) is 16.1. The number of benzene rings is 2. The maximum absolute atomic E-state index is 12.2. The molecule has 0 saturated heterocycles. The molecule has 0 spiro atoms. The molecule has 1 atom stereocenters. The Morgan fingerprint density at radius 3 is 2.89 bits per heavy atom. The van der Waals surface area contributed by atoms with E-state index in [0.717, 1.165) is 17.7 Å². The maximum Gasteiger partial charge on any atom is 0.240 e. The minimum absolute atomic E-state index is 0.0156. The molecule has 7 nitrogen and oxygen atoms in total. The second kappa shape index (κ2) is 8.60. The van der Waals surface area contributed by atoms with E-state index >= 15 is 0 Å². The monoisotopic (exact) mass is 408 g/mol. The van der Waals surface area contributed by atoms with Gasteiger partial charge in [-0.1, -0.05) is 35.9 Å². The second-order valence-electron chi connectivity index (χ2n) is 5.99. The summed E-state index contributed by atoms with van der Waals surface area (Å²) in [5.41, 5.74) is 6.98. The number of ether oxygens (including phenoxy) is 1. The molecular weight excluding hydrogens is 388 g/mol. The molecule has 2 aromatic carbocycles. The average Bonchev–Trinajstić information content (AvgIpc) is 2.66. The molecule has 0 bridgehead atoms. The van der Waals surface area contributed by atoms with Crippen molar-refractivity contribution in [3.8, 4) is 5.75 Å². The van der Waals surface area contributed by atoms with Gasteiger partial charge in [0.05, 0.1) is 24.1 Å². The first-order valence-electron chi connectivity index (χ1n) is 8.49. The summed E-state index contributed by atoms with van der Waals surface area (Å²) in [4.78, 5) is 4.31. The number of fused-ring (bicyclic) bond motifs is 1. The van der Waals surface area contributed by atoms with Crippen molar-refractivity contribution in [3.05, 3.63) is 59.1 Å². The molecule has 0 aliphatic carbocycles. The molecule has 0 saturated carbocycles. The lowest BCUT2D eigenvalue weighted by atomic mass is 10.0. The van der Waals surface area contributed by atoms with Crippen LogP contribution >= 0.6 is 11.6 Å². The Bertz CT molecular complexity index is 934. The van der Waals surface area contributed by atoms with Gasteiger partial charge in [0, 0.05) is 23.6 Å². The number of nitrogens with zero attached hydrogens (tertiary/aromatic N) is 1. The van der Waals surface area contributed by atoms with Gasteiger partial charge in [-0.05, 0) is 24.3 Å². The molecule has 9 heteroatoms. The van der Waals surface area contributed by atoms with Gasteiger partial charge >= 0.3 is 0 Å². The standard InChI is InChI=1S/C18H21ClN4O3S/c19-13-4-3-5-14(12-13)27(24,25)22-10-9-21-18(20)23-16-8-11-26-17-7-2-1-6-15(16)17/h1-7,12,16,22H,8-11H2,(H3,20,21,23). The number of nitrogens with one attached hydrogen (secondary N) is 2. The van der Waals surface area contributed by atoms with Crippen LogP contribution in [-0.4, -0.2) is 34.1 Å². The lowest BCUT2D eigenvalue weighted by Crippen LogP contribution is -2.38. The summed E-state index contributed by atoms with van der Waals surface area (Å²) in [6.07, 6.45) is 0.772. The van der Waals surface area contributed by atoms with Crippen molar-refractivity contribution in [2.45, 2.75) is 17.4 Å². The number of guanidine groups is 1. The van der Waals surface area contributed by atoms with Gasteiger partial charge in [0.2, 0.25) is 10.0 Å². The number of hydrogen-bond acceptors (Lipinski definition) is 4. The average molecular weight is 409 g/mol. The van der Waals surface area contributed by atoms with Crippen LogP contribution in [0.4, 0.5) is 0 Å². The zero-order chi connectivity index (χ0) is 19.3. The van der Waals surface area contributed by atoms with Gasteiger partial charge in [-0.2, -0.15) is 0 Å². The van der Waals surface area contributed by atoms with E-state index in [9.17, 15) is 8.42 Å². The summed E-state index contributed by atoms with van der Waals surface area (Å²) < 4.78 is 32.5. The smallest absolute Gasteiger partial charge is 0.240 e. The van der Waals surface area contributed by atoms with Gasteiger partial charge in [0.1, 0.15) is 5.75 Å². The fourth-order valence-corrected chi connectivity index (χ4v) is 4.11. The lowest BCUT2D eigenvalue weighted by Gasteiger charge is -2.26. The highest BCUT2D eigenvalue weighted by atomic mass is 35.5. The number of rotatable bonds is 6. The van der Waals surface area contributed by atoms with Crippen LogP contribution in [0.2, 0.25) is 5.02 Å². The summed E-state index contributed by atoms with van der Waals surface area (Å²) in [6, 6.07) is 13.9. The number of sulfonamides is 1. The Morgan fingerprint density at radius 1 is 1.26 bits per heavy atom. The summed E-state index contributed by atoms with van der Waals surface area (Å²) in [7, 11) is -3.63. The minimum atomic E-state index is -3.63. The Hall–Kier alpha value is -2.29. The largest absolute Gasteiger partial charge is 0.493 e. The van der Waals surface area contributed by atoms with Crippen molar-refractivity contribution in [1.29, 1.82) is 0 Å². The second-order valence-corrected chi connectivity index (χ2v) is 8.20. The van der Waals surface area contributed by atoms with Crippen LogP contribution in [0.3, 0.4) is 0 Å². The fourth-order valence-electron chi connectivity index (χ4n) is 2.79. The summed E-state index contributed by atoms with van der Waals surface area (Å²) in [5, 5.41) is 3.53. The normalized spacial score (nSPS) is 17.1. The first-order valence-corrected chi connectivity index (χ1v) is 10.4. The van der Waals surface area contributed by atoms with Gasteiger partial charge < -0.3 is 15.8 Å². The first-order chi connectivity index (χ1) is 13.0.